The largest absolute Gasteiger partial charge is 0.480 e. The number of carboxylic acids is 1. The van der Waals surface area contributed by atoms with Crippen LogP contribution in [0, 0.1) is 6.92 Å². The van der Waals surface area contributed by atoms with Crippen LogP contribution in [0.5, 0.6) is 0 Å². The number of thiazole rings is 1. The number of rotatable bonds is 4. The van der Waals surface area contributed by atoms with Gasteiger partial charge in [0.05, 0.1) is 6.10 Å². The monoisotopic (exact) mass is 346 g/mol. The van der Waals surface area contributed by atoms with Crippen molar-refractivity contribution in [3.05, 3.63) is 40.9 Å². The van der Waals surface area contributed by atoms with Crippen LogP contribution < -0.4 is 0 Å². The molecule has 1 saturated heterocycles. The Bertz CT molecular complexity index is 773. The summed E-state index contributed by atoms with van der Waals surface area (Å²) in [6, 6.07) is 6.95. The molecule has 2 heterocycles. The molecule has 2 unspecified atom stereocenters. The fourth-order valence-electron chi connectivity index (χ4n) is 2.88. The fraction of sp³-hybridized carbons (Fsp3) is 0.353. The highest BCUT2D eigenvalue weighted by molar-refractivity contribution is 7.13. The Morgan fingerprint density at radius 1 is 1.38 bits per heavy atom. The lowest BCUT2D eigenvalue weighted by atomic mass is 10.1. The van der Waals surface area contributed by atoms with Crippen LogP contribution in [0.1, 0.15) is 22.5 Å². The number of aryl methyl sites for hydroxylation is 1. The number of aliphatic carboxylic acids is 1. The summed E-state index contributed by atoms with van der Waals surface area (Å²) in [7, 11) is 1.52. The van der Waals surface area contributed by atoms with Gasteiger partial charge in [-0.15, -0.1) is 11.3 Å². The first-order valence-electron chi connectivity index (χ1n) is 7.59. The summed E-state index contributed by atoms with van der Waals surface area (Å²) in [4.78, 5) is 29.9. The topological polar surface area (TPSA) is 79.7 Å². The van der Waals surface area contributed by atoms with Crippen molar-refractivity contribution >= 4 is 23.2 Å². The Morgan fingerprint density at radius 2 is 2.12 bits per heavy atom. The summed E-state index contributed by atoms with van der Waals surface area (Å²) in [6.07, 6.45) is 0.0383. The number of likely N-dealkylation sites (tertiary alicyclic amines) is 1. The van der Waals surface area contributed by atoms with E-state index in [1.54, 1.807) is 5.38 Å². The van der Waals surface area contributed by atoms with Crippen LogP contribution in [-0.2, 0) is 9.53 Å². The molecule has 3 rings (SSSR count). The van der Waals surface area contributed by atoms with Gasteiger partial charge >= 0.3 is 5.97 Å². The molecule has 0 radical (unpaired) electrons. The molecule has 2 atom stereocenters. The molecule has 0 bridgehead atoms. The number of hydrogen-bond donors (Lipinski definition) is 1. The Balaban J connectivity index is 1.86. The van der Waals surface area contributed by atoms with E-state index in [2.05, 4.69) is 4.98 Å². The number of carboxylic acid groups (broad SMARTS) is 1. The maximum absolute atomic E-state index is 12.7. The average Bonchev–Trinajstić information content (AvgIpc) is 3.22. The van der Waals surface area contributed by atoms with Gasteiger partial charge in [0.15, 0.2) is 0 Å². The van der Waals surface area contributed by atoms with Gasteiger partial charge < -0.3 is 14.7 Å². The molecule has 1 amide bonds. The predicted octanol–water partition coefficient (Wildman–Crippen LogP) is 2.43. The highest BCUT2D eigenvalue weighted by Crippen LogP contribution is 2.28. The molecule has 1 fully saturated rings. The van der Waals surface area contributed by atoms with Crippen molar-refractivity contribution in [2.45, 2.75) is 25.5 Å². The normalized spacial score (nSPS) is 20.3. The van der Waals surface area contributed by atoms with Crippen molar-refractivity contribution in [3.63, 3.8) is 0 Å². The van der Waals surface area contributed by atoms with Gasteiger partial charge in [0.1, 0.15) is 16.7 Å². The van der Waals surface area contributed by atoms with Crippen molar-refractivity contribution in [3.8, 4) is 10.6 Å². The minimum Gasteiger partial charge on any atom is -0.480 e. The first-order chi connectivity index (χ1) is 11.5. The molecule has 1 aliphatic heterocycles. The van der Waals surface area contributed by atoms with Crippen molar-refractivity contribution < 1.29 is 19.4 Å². The predicted molar refractivity (Wildman–Crippen MR) is 90.2 cm³/mol. The van der Waals surface area contributed by atoms with E-state index in [9.17, 15) is 14.7 Å². The minimum absolute atomic E-state index is 0.260. The summed E-state index contributed by atoms with van der Waals surface area (Å²) in [5.74, 6) is -1.38. The van der Waals surface area contributed by atoms with E-state index in [0.717, 1.165) is 16.1 Å². The van der Waals surface area contributed by atoms with Gasteiger partial charge in [0.2, 0.25) is 0 Å². The lowest BCUT2D eigenvalue weighted by Crippen LogP contribution is -2.40. The first kappa shape index (κ1) is 16.6. The number of nitrogens with zero attached hydrogens (tertiary/aromatic N) is 2. The maximum Gasteiger partial charge on any atom is 0.326 e. The Morgan fingerprint density at radius 3 is 2.79 bits per heavy atom. The smallest absolute Gasteiger partial charge is 0.326 e. The number of methoxy groups -OCH3 is 1. The number of ether oxygens (including phenoxy) is 1. The molecule has 1 aliphatic rings. The van der Waals surface area contributed by atoms with Crippen molar-refractivity contribution in [2.75, 3.05) is 13.7 Å². The summed E-state index contributed by atoms with van der Waals surface area (Å²) in [6.45, 7) is 2.26. The number of hydrogen-bond acceptors (Lipinski definition) is 5. The molecular weight excluding hydrogens is 328 g/mol. The third kappa shape index (κ3) is 3.05. The summed E-state index contributed by atoms with van der Waals surface area (Å²) < 4.78 is 5.22. The molecule has 2 aromatic rings. The van der Waals surface area contributed by atoms with Gasteiger partial charge in [0.25, 0.3) is 5.91 Å². The molecule has 126 valence electrons. The summed E-state index contributed by atoms with van der Waals surface area (Å²) >= 11 is 1.38. The van der Waals surface area contributed by atoms with Crippen LogP contribution >= 0.6 is 11.3 Å². The second kappa shape index (κ2) is 6.70. The Kier molecular flexibility index (Phi) is 4.64. The summed E-state index contributed by atoms with van der Waals surface area (Å²) in [5.41, 5.74) is 2.34. The number of amides is 1. The number of benzene rings is 1. The van der Waals surface area contributed by atoms with Gasteiger partial charge in [-0.2, -0.15) is 0 Å². The van der Waals surface area contributed by atoms with E-state index in [1.807, 2.05) is 31.2 Å². The standard InChI is InChI=1S/C17H18N2O4S/c1-10-5-3-4-6-12(10)15-18-13(9-24-15)16(20)19-8-11(23-2)7-14(19)17(21)22/h3-6,9,11,14H,7-8H2,1-2H3,(H,21,22). The quantitative estimate of drug-likeness (QED) is 0.920. The van der Waals surface area contributed by atoms with Crippen LogP contribution in [0.4, 0.5) is 0 Å². The van der Waals surface area contributed by atoms with Gasteiger partial charge in [-0.25, -0.2) is 9.78 Å². The zero-order valence-corrected chi connectivity index (χ0v) is 14.2. The molecule has 1 aromatic heterocycles. The van der Waals surface area contributed by atoms with E-state index < -0.39 is 12.0 Å². The van der Waals surface area contributed by atoms with E-state index in [-0.39, 0.29) is 24.2 Å². The third-order valence-corrected chi connectivity index (χ3v) is 5.12. The second-order valence-corrected chi connectivity index (χ2v) is 6.62. The fourth-order valence-corrected chi connectivity index (χ4v) is 3.77. The summed E-state index contributed by atoms with van der Waals surface area (Å²) in [5, 5.41) is 11.8. The number of aromatic nitrogens is 1. The second-order valence-electron chi connectivity index (χ2n) is 5.76. The van der Waals surface area contributed by atoms with Gasteiger partial charge in [-0.05, 0) is 12.5 Å². The molecule has 6 nitrogen and oxygen atoms in total. The lowest BCUT2D eigenvalue weighted by molar-refractivity contribution is -0.141. The zero-order valence-electron chi connectivity index (χ0n) is 13.4. The SMILES string of the molecule is COC1CC(C(=O)O)N(C(=O)c2csc(-c3ccccc3C)n2)C1. The highest BCUT2D eigenvalue weighted by Gasteiger charge is 2.40. The Labute approximate surface area is 143 Å². The first-order valence-corrected chi connectivity index (χ1v) is 8.47. The van der Waals surface area contributed by atoms with E-state index >= 15 is 0 Å². The lowest BCUT2D eigenvalue weighted by Gasteiger charge is -2.19. The maximum atomic E-state index is 12.7. The van der Waals surface area contributed by atoms with Gasteiger partial charge in [-0.3, -0.25) is 4.79 Å². The number of carbonyl (C=O) groups is 2. The van der Waals surface area contributed by atoms with Crippen molar-refractivity contribution in [1.29, 1.82) is 0 Å². The molecule has 0 aliphatic carbocycles. The highest BCUT2D eigenvalue weighted by atomic mass is 32.1. The van der Waals surface area contributed by atoms with Gasteiger partial charge in [-0.1, -0.05) is 24.3 Å². The molecule has 1 aromatic carbocycles. The minimum atomic E-state index is -1.02. The molecule has 7 heteroatoms. The average molecular weight is 346 g/mol. The van der Waals surface area contributed by atoms with Crippen molar-refractivity contribution in [1.82, 2.24) is 9.88 Å². The van der Waals surface area contributed by atoms with Crippen molar-refractivity contribution in [2.24, 2.45) is 0 Å². The molecule has 0 saturated carbocycles. The van der Waals surface area contributed by atoms with Crippen LogP contribution in [-0.4, -0.2) is 52.7 Å². The molecule has 1 N–H and O–H groups in total. The molecular formula is C17H18N2O4S. The van der Waals surface area contributed by atoms with Crippen LogP contribution in [0.15, 0.2) is 29.6 Å². The number of carbonyl (C=O) groups excluding carboxylic acids is 1. The van der Waals surface area contributed by atoms with Crippen LogP contribution in [0.25, 0.3) is 10.6 Å². The van der Waals surface area contributed by atoms with E-state index in [0.29, 0.717) is 6.42 Å². The van der Waals surface area contributed by atoms with E-state index in [1.165, 1.54) is 23.3 Å². The molecule has 0 spiro atoms. The van der Waals surface area contributed by atoms with Crippen LogP contribution in [0.3, 0.4) is 0 Å². The van der Waals surface area contributed by atoms with Crippen LogP contribution in [0.2, 0.25) is 0 Å². The van der Waals surface area contributed by atoms with Gasteiger partial charge in [0, 0.05) is 31.0 Å². The molecule has 24 heavy (non-hydrogen) atoms. The third-order valence-electron chi connectivity index (χ3n) is 4.24. The van der Waals surface area contributed by atoms with E-state index in [4.69, 9.17) is 4.74 Å². The zero-order chi connectivity index (χ0) is 17.3. The Hall–Kier alpha value is -2.25.